The Hall–Kier alpha value is -1.13. The van der Waals surface area contributed by atoms with E-state index < -0.39 is 0 Å². The first kappa shape index (κ1) is 14.9. The molecule has 0 atom stereocenters. The first-order valence-corrected chi connectivity index (χ1v) is 6.76. The molecule has 1 rings (SSSR count). The van der Waals surface area contributed by atoms with E-state index in [1.54, 1.807) is 6.07 Å². The van der Waals surface area contributed by atoms with Crippen molar-refractivity contribution in [3.05, 3.63) is 23.5 Å². The molecule has 0 aliphatic carbocycles. The van der Waals surface area contributed by atoms with Crippen LogP contribution in [0.2, 0.25) is 0 Å². The van der Waals surface area contributed by atoms with Gasteiger partial charge in [-0.2, -0.15) is 0 Å². The maximum Gasteiger partial charge on any atom is 0.138 e. The summed E-state index contributed by atoms with van der Waals surface area (Å²) in [6.45, 7) is 11.1. The second-order valence-electron chi connectivity index (χ2n) is 4.53. The van der Waals surface area contributed by atoms with Gasteiger partial charge in [-0.25, -0.2) is 0 Å². The first-order valence-electron chi connectivity index (χ1n) is 6.76. The molecule has 102 valence electrons. The number of aryl methyl sites for hydroxylation is 1. The fourth-order valence-electron chi connectivity index (χ4n) is 1.92. The molecule has 18 heavy (non-hydrogen) atoms. The van der Waals surface area contributed by atoms with Crippen LogP contribution in [0.5, 0.6) is 5.75 Å². The van der Waals surface area contributed by atoms with Crippen LogP contribution in [-0.2, 0) is 6.54 Å². The van der Waals surface area contributed by atoms with Crippen LogP contribution in [0.1, 0.15) is 31.7 Å². The van der Waals surface area contributed by atoms with E-state index in [9.17, 15) is 5.11 Å². The largest absolute Gasteiger partial charge is 0.506 e. The minimum absolute atomic E-state index is 0.272. The van der Waals surface area contributed by atoms with Gasteiger partial charge in [0.15, 0.2) is 0 Å². The van der Waals surface area contributed by atoms with Gasteiger partial charge >= 0.3 is 0 Å². The summed E-state index contributed by atoms with van der Waals surface area (Å²) in [4.78, 5) is 6.73. The quantitative estimate of drug-likeness (QED) is 0.693. The van der Waals surface area contributed by atoms with Gasteiger partial charge in [-0.3, -0.25) is 4.98 Å². The van der Waals surface area contributed by atoms with Crippen LogP contribution in [0.4, 0.5) is 0 Å². The zero-order valence-corrected chi connectivity index (χ0v) is 11.7. The average Bonchev–Trinajstić information content (AvgIpc) is 2.37. The van der Waals surface area contributed by atoms with Crippen molar-refractivity contribution in [1.82, 2.24) is 15.2 Å². The van der Waals surface area contributed by atoms with Crippen molar-refractivity contribution in [2.45, 2.75) is 33.7 Å². The van der Waals surface area contributed by atoms with Crippen molar-refractivity contribution in [2.24, 2.45) is 0 Å². The first-order chi connectivity index (χ1) is 8.67. The van der Waals surface area contributed by atoms with E-state index in [4.69, 9.17) is 0 Å². The van der Waals surface area contributed by atoms with E-state index in [0.717, 1.165) is 37.6 Å². The van der Waals surface area contributed by atoms with Crippen molar-refractivity contribution in [3.63, 3.8) is 0 Å². The Morgan fingerprint density at radius 3 is 2.72 bits per heavy atom. The van der Waals surface area contributed by atoms with Crippen LogP contribution in [0, 0.1) is 6.92 Å². The van der Waals surface area contributed by atoms with Gasteiger partial charge in [0.25, 0.3) is 0 Å². The van der Waals surface area contributed by atoms with Gasteiger partial charge in [0, 0.05) is 25.3 Å². The summed E-state index contributed by atoms with van der Waals surface area (Å²) in [6.07, 6.45) is 1.19. The zero-order valence-electron chi connectivity index (χ0n) is 11.7. The highest BCUT2D eigenvalue weighted by atomic mass is 16.3. The van der Waals surface area contributed by atoms with Gasteiger partial charge in [-0.1, -0.05) is 13.8 Å². The molecule has 1 heterocycles. The monoisotopic (exact) mass is 251 g/mol. The molecule has 1 aromatic heterocycles. The highest BCUT2D eigenvalue weighted by Crippen LogP contribution is 2.13. The number of rotatable bonds is 8. The number of aromatic hydroxyl groups is 1. The van der Waals surface area contributed by atoms with Gasteiger partial charge in [0.05, 0.1) is 5.69 Å². The summed E-state index contributed by atoms with van der Waals surface area (Å²) >= 11 is 0. The maximum absolute atomic E-state index is 9.66. The highest BCUT2D eigenvalue weighted by Gasteiger charge is 2.03. The highest BCUT2D eigenvalue weighted by molar-refractivity contribution is 5.27. The van der Waals surface area contributed by atoms with Crippen molar-refractivity contribution >= 4 is 0 Å². The summed E-state index contributed by atoms with van der Waals surface area (Å²) in [5.41, 5.74) is 1.67. The molecule has 0 saturated carbocycles. The Bertz CT molecular complexity index is 355. The lowest BCUT2D eigenvalue weighted by molar-refractivity contribution is 0.287. The molecular formula is C14H25N3O. The Morgan fingerprint density at radius 1 is 1.28 bits per heavy atom. The molecule has 4 heteroatoms. The van der Waals surface area contributed by atoms with Crippen LogP contribution in [0.15, 0.2) is 12.1 Å². The minimum Gasteiger partial charge on any atom is -0.506 e. The third kappa shape index (κ3) is 5.02. The molecule has 0 amide bonds. The fourth-order valence-corrected chi connectivity index (χ4v) is 1.92. The third-order valence-corrected chi connectivity index (χ3v) is 2.97. The van der Waals surface area contributed by atoms with E-state index in [2.05, 4.69) is 29.0 Å². The number of aromatic nitrogens is 1. The topological polar surface area (TPSA) is 48.4 Å². The molecule has 0 saturated heterocycles. The molecule has 4 nitrogen and oxygen atoms in total. The molecule has 0 aliphatic rings. The smallest absolute Gasteiger partial charge is 0.138 e. The van der Waals surface area contributed by atoms with E-state index in [1.165, 1.54) is 6.42 Å². The van der Waals surface area contributed by atoms with E-state index in [1.807, 2.05) is 13.0 Å². The second kappa shape index (κ2) is 8.06. The molecular weight excluding hydrogens is 226 g/mol. The molecule has 2 N–H and O–H groups in total. The number of hydrogen-bond donors (Lipinski definition) is 2. The third-order valence-electron chi connectivity index (χ3n) is 2.97. The van der Waals surface area contributed by atoms with Gasteiger partial charge in [0.1, 0.15) is 5.75 Å². The average molecular weight is 251 g/mol. The van der Waals surface area contributed by atoms with Crippen molar-refractivity contribution < 1.29 is 5.11 Å². The van der Waals surface area contributed by atoms with Crippen LogP contribution in [-0.4, -0.2) is 41.2 Å². The van der Waals surface area contributed by atoms with Crippen LogP contribution < -0.4 is 5.32 Å². The van der Waals surface area contributed by atoms with Gasteiger partial charge in [-0.15, -0.1) is 0 Å². The van der Waals surface area contributed by atoms with Crippen LogP contribution in [0.3, 0.4) is 0 Å². The normalized spacial score (nSPS) is 11.1. The number of nitrogens with one attached hydrogen (secondary N) is 1. The lowest BCUT2D eigenvalue weighted by atomic mass is 10.3. The molecule has 1 aromatic rings. The molecule has 0 bridgehead atoms. The van der Waals surface area contributed by atoms with Crippen molar-refractivity contribution in [1.29, 1.82) is 0 Å². The standard InChI is InChI=1S/C14H25N3O/c1-4-9-17(5-2)10-8-15-11-13-14(18)7-6-12(3)16-13/h6-7,15,18H,4-5,8-11H2,1-3H3. The zero-order chi connectivity index (χ0) is 13.4. The maximum atomic E-state index is 9.66. The van der Waals surface area contributed by atoms with Crippen LogP contribution in [0.25, 0.3) is 0 Å². The fraction of sp³-hybridized carbons (Fsp3) is 0.643. The second-order valence-corrected chi connectivity index (χ2v) is 4.53. The summed E-state index contributed by atoms with van der Waals surface area (Å²) in [5.74, 6) is 0.272. The lowest BCUT2D eigenvalue weighted by Gasteiger charge is -2.19. The van der Waals surface area contributed by atoms with Crippen molar-refractivity contribution in [2.75, 3.05) is 26.2 Å². The molecule has 0 aliphatic heterocycles. The number of hydrogen-bond acceptors (Lipinski definition) is 4. The van der Waals surface area contributed by atoms with Gasteiger partial charge < -0.3 is 15.3 Å². The van der Waals surface area contributed by atoms with Crippen molar-refractivity contribution in [3.8, 4) is 5.75 Å². The molecule has 0 aromatic carbocycles. The summed E-state index contributed by atoms with van der Waals surface area (Å²) in [6, 6.07) is 3.52. The Kier molecular flexibility index (Phi) is 6.68. The Morgan fingerprint density at radius 2 is 2.06 bits per heavy atom. The number of nitrogens with zero attached hydrogens (tertiary/aromatic N) is 2. The van der Waals surface area contributed by atoms with E-state index >= 15 is 0 Å². The molecule has 0 spiro atoms. The minimum atomic E-state index is 0.272. The Labute approximate surface area is 110 Å². The predicted octanol–water partition coefficient (Wildman–Crippen LogP) is 1.92. The van der Waals surface area contributed by atoms with Gasteiger partial charge in [0.2, 0.25) is 0 Å². The molecule has 0 fully saturated rings. The SMILES string of the molecule is CCCN(CC)CCNCc1nc(C)ccc1O. The summed E-state index contributed by atoms with van der Waals surface area (Å²) in [5, 5.41) is 13.0. The number of likely N-dealkylation sites (N-methyl/N-ethyl adjacent to an activating group) is 1. The summed E-state index contributed by atoms with van der Waals surface area (Å²) in [7, 11) is 0. The number of pyridine rings is 1. The lowest BCUT2D eigenvalue weighted by Crippen LogP contribution is -2.32. The van der Waals surface area contributed by atoms with E-state index in [0.29, 0.717) is 6.54 Å². The molecule has 0 radical (unpaired) electrons. The predicted molar refractivity (Wildman–Crippen MR) is 74.8 cm³/mol. The van der Waals surface area contributed by atoms with E-state index in [-0.39, 0.29) is 5.75 Å². The van der Waals surface area contributed by atoms with Gasteiger partial charge in [-0.05, 0) is 38.6 Å². The summed E-state index contributed by atoms with van der Waals surface area (Å²) < 4.78 is 0. The van der Waals surface area contributed by atoms with Crippen LogP contribution >= 0.6 is 0 Å². The molecule has 0 unspecified atom stereocenters. The Balaban J connectivity index is 2.31.